The van der Waals surface area contributed by atoms with Crippen LogP contribution in [0.4, 0.5) is 0 Å². The van der Waals surface area contributed by atoms with Gasteiger partial charge in [-0.15, -0.1) is 12.4 Å². The van der Waals surface area contributed by atoms with E-state index in [-0.39, 0.29) is 18.3 Å². The molecule has 1 amide bonds. The fourth-order valence-corrected chi connectivity index (χ4v) is 2.50. The van der Waals surface area contributed by atoms with Crippen molar-refractivity contribution < 1.29 is 9.53 Å². The molecular formula is C17H27ClN2O2. The van der Waals surface area contributed by atoms with Gasteiger partial charge < -0.3 is 15.4 Å². The molecule has 1 aromatic rings. The van der Waals surface area contributed by atoms with Crippen LogP contribution >= 0.6 is 12.4 Å². The molecule has 0 spiro atoms. The molecular weight excluding hydrogens is 300 g/mol. The summed E-state index contributed by atoms with van der Waals surface area (Å²) in [5, 5.41) is 6.41. The van der Waals surface area contributed by atoms with Crippen LogP contribution in [0.2, 0.25) is 0 Å². The molecule has 1 unspecified atom stereocenters. The van der Waals surface area contributed by atoms with Gasteiger partial charge in [-0.1, -0.05) is 19.1 Å². The van der Waals surface area contributed by atoms with E-state index in [0.29, 0.717) is 12.5 Å². The number of rotatable bonds is 7. The first-order chi connectivity index (χ1) is 10.3. The van der Waals surface area contributed by atoms with Crippen LogP contribution < -0.4 is 15.4 Å². The number of hydrogen-bond donors (Lipinski definition) is 2. The van der Waals surface area contributed by atoms with E-state index in [9.17, 15) is 4.79 Å². The first-order valence-electron chi connectivity index (χ1n) is 7.99. The summed E-state index contributed by atoms with van der Waals surface area (Å²) in [5.74, 6) is 1.05. The third-order valence-corrected chi connectivity index (χ3v) is 3.70. The maximum absolute atomic E-state index is 11.9. The van der Waals surface area contributed by atoms with Gasteiger partial charge in [-0.3, -0.25) is 4.79 Å². The number of nitrogens with one attached hydrogen (secondary N) is 2. The summed E-state index contributed by atoms with van der Waals surface area (Å²) in [7, 11) is 0. The van der Waals surface area contributed by atoms with Crippen LogP contribution in [0.5, 0.6) is 5.75 Å². The van der Waals surface area contributed by atoms with Crippen LogP contribution in [0.3, 0.4) is 0 Å². The number of carbonyl (C=O) groups excluding carboxylic acids is 1. The third kappa shape index (κ3) is 6.67. The van der Waals surface area contributed by atoms with E-state index in [4.69, 9.17) is 4.74 Å². The predicted octanol–water partition coefficient (Wildman–Crippen LogP) is 2.70. The lowest BCUT2D eigenvalue weighted by Gasteiger charge is -2.23. The summed E-state index contributed by atoms with van der Waals surface area (Å²) in [6, 6.07) is 8.35. The minimum Gasteiger partial charge on any atom is -0.494 e. The quantitative estimate of drug-likeness (QED) is 0.810. The van der Waals surface area contributed by atoms with Crippen molar-refractivity contribution in [3.05, 3.63) is 29.8 Å². The Bertz CT molecular complexity index is 431. The van der Waals surface area contributed by atoms with E-state index < -0.39 is 0 Å². The predicted molar refractivity (Wildman–Crippen MR) is 91.8 cm³/mol. The monoisotopic (exact) mass is 326 g/mol. The number of carbonyl (C=O) groups is 1. The lowest BCUT2D eigenvalue weighted by molar-refractivity contribution is -0.121. The Hall–Kier alpha value is -1.26. The Morgan fingerprint density at radius 3 is 2.77 bits per heavy atom. The van der Waals surface area contributed by atoms with E-state index in [1.807, 2.05) is 24.3 Å². The van der Waals surface area contributed by atoms with Crippen LogP contribution in [0.15, 0.2) is 24.3 Å². The molecule has 1 atom stereocenters. The van der Waals surface area contributed by atoms with Crippen molar-refractivity contribution in [3.63, 3.8) is 0 Å². The molecule has 4 nitrogen and oxygen atoms in total. The standard InChI is InChI=1S/C17H26N2O2.ClH/c1-2-12-21-16-8-5-14(6-9-16)7-10-17(20)19-15-4-3-11-18-13-15;/h5-6,8-9,15,18H,2-4,7,10-13H2,1H3,(H,19,20);1H. The Labute approximate surface area is 139 Å². The highest BCUT2D eigenvalue weighted by molar-refractivity contribution is 5.85. The van der Waals surface area contributed by atoms with Gasteiger partial charge in [0.05, 0.1) is 6.61 Å². The maximum Gasteiger partial charge on any atom is 0.220 e. The smallest absolute Gasteiger partial charge is 0.220 e. The van der Waals surface area contributed by atoms with Gasteiger partial charge in [-0.25, -0.2) is 0 Å². The number of benzene rings is 1. The summed E-state index contributed by atoms with van der Waals surface area (Å²) >= 11 is 0. The first-order valence-corrected chi connectivity index (χ1v) is 7.99. The average Bonchev–Trinajstić information content (AvgIpc) is 2.53. The summed E-state index contributed by atoms with van der Waals surface area (Å²) < 4.78 is 5.55. The SMILES string of the molecule is CCCOc1ccc(CCC(=O)NC2CCCNC2)cc1.Cl. The lowest BCUT2D eigenvalue weighted by Crippen LogP contribution is -2.45. The summed E-state index contributed by atoms with van der Waals surface area (Å²) in [5.41, 5.74) is 1.18. The fraction of sp³-hybridized carbons (Fsp3) is 0.588. The minimum atomic E-state index is 0. The molecule has 1 aromatic carbocycles. The molecule has 0 radical (unpaired) electrons. The molecule has 0 aliphatic carbocycles. The van der Waals surface area contributed by atoms with Crippen molar-refractivity contribution in [2.24, 2.45) is 0 Å². The Balaban J connectivity index is 0.00000242. The number of amides is 1. The number of hydrogen-bond acceptors (Lipinski definition) is 3. The van der Waals surface area contributed by atoms with E-state index >= 15 is 0 Å². The van der Waals surface area contributed by atoms with Crippen molar-refractivity contribution in [3.8, 4) is 5.75 Å². The molecule has 2 N–H and O–H groups in total. The molecule has 1 heterocycles. The average molecular weight is 327 g/mol. The number of halogens is 1. The largest absolute Gasteiger partial charge is 0.494 e. The fourth-order valence-electron chi connectivity index (χ4n) is 2.50. The van der Waals surface area contributed by atoms with E-state index in [1.165, 1.54) is 5.56 Å². The van der Waals surface area contributed by atoms with Gasteiger partial charge in [-0.2, -0.15) is 0 Å². The Kier molecular flexibility index (Phi) is 8.94. The van der Waals surface area contributed by atoms with Crippen LogP contribution in [0.25, 0.3) is 0 Å². The van der Waals surface area contributed by atoms with Crippen LogP contribution in [-0.4, -0.2) is 31.6 Å². The normalized spacial score (nSPS) is 17.4. The molecule has 0 aromatic heterocycles. The molecule has 0 saturated carbocycles. The molecule has 1 saturated heterocycles. The van der Waals surface area contributed by atoms with Crippen molar-refractivity contribution in [1.82, 2.24) is 10.6 Å². The van der Waals surface area contributed by atoms with Crippen LogP contribution in [0.1, 0.15) is 38.2 Å². The molecule has 1 aliphatic heterocycles. The van der Waals surface area contributed by atoms with Gasteiger partial charge in [0.25, 0.3) is 0 Å². The zero-order chi connectivity index (χ0) is 14.9. The highest BCUT2D eigenvalue weighted by Gasteiger charge is 2.14. The number of ether oxygens (including phenoxy) is 1. The van der Waals surface area contributed by atoms with Gasteiger partial charge in [0.15, 0.2) is 0 Å². The molecule has 2 rings (SSSR count). The molecule has 1 fully saturated rings. The number of aryl methyl sites for hydroxylation is 1. The molecule has 124 valence electrons. The van der Waals surface area contributed by atoms with Crippen molar-refractivity contribution in [2.75, 3.05) is 19.7 Å². The van der Waals surface area contributed by atoms with Crippen molar-refractivity contribution in [1.29, 1.82) is 0 Å². The summed E-state index contributed by atoms with van der Waals surface area (Å²) in [6.45, 7) is 4.81. The van der Waals surface area contributed by atoms with Gasteiger partial charge in [0.2, 0.25) is 5.91 Å². The van der Waals surface area contributed by atoms with Crippen molar-refractivity contribution in [2.45, 2.75) is 45.1 Å². The first kappa shape index (κ1) is 18.8. The molecule has 5 heteroatoms. The van der Waals surface area contributed by atoms with Crippen molar-refractivity contribution >= 4 is 18.3 Å². The zero-order valence-corrected chi connectivity index (χ0v) is 14.1. The topological polar surface area (TPSA) is 50.4 Å². The van der Waals surface area contributed by atoms with Gasteiger partial charge in [0, 0.05) is 19.0 Å². The summed E-state index contributed by atoms with van der Waals surface area (Å²) in [6.07, 6.45) is 4.57. The van der Waals surface area contributed by atoms with E-state index in [2.05, 4.69) is 17.6 Å². The second-order valence-electron chi connectivity index (χ2n) is 5.60. The second kappa shape index (κ2) is 10.5. The minimum absolute atomic E-state index is 0. The highest BCUT2D eigenvalue weighted by atomic mass is 35.5. The zero-order valence-electron chi connectivity index (χ0n) is 13.3. The highest BCUT2D eigenvalue weighted by Crippen LogP contribution is 2.13. The van der Waals surface area contributed by atoms with Gasteiger partial charge in [-0.05, 0) is 49.9 Å². The number of piperidine rings is 1. The summed E-state index contributed by atoms with van der Waals surface area (Å²) in [4.78, 5) is 11.9. The maximum atomic E-state index is 11.9. The molecule has 22 heavy (non-hydrogen) atoms. The molecule has 0 bridgehead atoms. The van der Waals surface area contributed by atoms with Gasteiger partial charge in [0.1, 0.15) is 5.75 Å². The van der Waals surface area contributed by atoms with E-state index in [1.54, 1.807) is 0 Å². The van der Waals surface area contributed by atoms with Gasteiger partial charge >= 0.3 is 0 Å². The van der Waals surface area contributed by atoms with Crippen LogP contribution in [0, 0.1) is 0 Å². The molecule has 1 aliphatic rings. The van der Waals surface area contributed by atoms with Crippen LogP contribution in [-0.2, 0) is 11.2 Å². The Morgan fingerprint density at radius 2 is 2.14 bits per heavy atom. The third-order valence-electron chi connectivity index (χ3n) is 3.70. The Morgan fingerprint density at radius 1 is 1.36 bits per heavy atom. The second-order valence-corrected chi connectivity index (χ2v) is 5.60. The lowest BCUT2D eigenvalue weighted by atomic mass is 10.1. The van der Waals surface area contributed by atoms with E-state index in [0.717, 1.165) is 51.1 Å².